The van der Waals surface area contributed by atoms with E-state index in [9.17, 15) is 10.1 Å². The van der Waals surface area contributed by atoms with Crippen LogP contribution in [0.3, 0.4) is 0 Å². The number of nitrogens with one attached hydrogen (secondary N) is 2. The van der Waals surface area contributed by atoms with Gasteiger partial charge in [-0.15, -0.1) is 0 Å². The molecule has 0 radical (unpaired) electrons. The zero-order chi connectivity index (χ0) is 13.7. The zero-order valence-electron chi connectivity index (χ0n) is 10.4. The number of nitro groups is 1. The maximum absolute atomic E-state index is 11.1. The van der Waals surface area contributed by atoms with Crippen LogP contribution in [0, 0.1) is 10.1 Å². The van der Waals surface area contributed by atoms with Gasteiger partial charge in [-0.05, 0) is 19.1 Å². The molecule has 7 heteroatoms. The van der Waals surface area contributed by atoms with Crippen molar-refractivity contribution in [2.75, 3.05) is 11.9 Å². The van der Waals surface area contributed by atoms with Gasteiger partial charge in [0, 0.05) is 18.3 Å². The Morgan fingerprint density at radius 3 is 3.00 bits per heavy atom. The molecule has 0 aliphatic carbocycles. The Balaban J connectivity index is 2.23. The van der Waals surface area contributed by atoms with Gasteiger partial charge in [0.05, 0.1) is 17.7 Å². The normalized spacial score (nSPS) is 10.2. The lowest BCUT2D eigenvalue weighted by Crippen LogP contribution is -2.04. The molecule has 0 unspecified atom stereocenters. The van der Waals surface area contributed by atoms with Crippen molar-refractivity contribution < 1.29 is 9.66 Å². The number of aromatic amines is 1. The fraction of sp³-hybridized carbons (Fsp3) is 0.250. The van der Waals surface area contributed by atoms with Gasteiger partial charge in [0.25, 0.3) is 0 Å². The molecule has 0 amide bonds. The van der Waals surface area contributed by atoms with Crippen LogP contribution < -0.4 is 10.1 Å². The molecular formula is C12H14N4O3. The van der Waals surface area contributed by atoms with E-state index in [0.717, 1.165) is 5.56 Å². The topological polar surface area (TPSA) is 93.1 Å². The molecule has 0 fully saturated rings. The number of para-hydroxylation sites is 1. The number of nitro benzene ring substituents is 1. The molecule has 0 atom stereocenters. The highest BCUT2D eigenvalue weighted by atomic mass is 16.6. The van der Waals surface area contributed by atoms with Crippen LogP contribution in [0.25, 0.3) is 0 Å². The van der Waals surface area contributed by atoms with Crippen LogP contribution in [0.15, 0.2) is 30.6 Å². The number of hydrogen-bond donors (Lipinski definition) is 2. The Morgan fingerprint density at radius 2 is 2.37 bits per heavy atom. The number of anilines is 1. The summed E-state index contributed by atoms with van der Waals surface area (Å²) in [5, 5.41) is 20.7. The lowest BCUT2D eigenvalue weighted by atomic mass is 10.2. The summed E-state index contributed by atoms with van der Waals surface area (Å²) in [6.07, 6.45) is 3.39. The second kappa shape index (κ2) is 5.85. The third kappa shape index (κ3) is 3.01. The molecule has 7 nitrogen and oxygen atoms in total. The van der Waals surface area contributed by atoms with Crippen LogP contribution in [0.1, 0.15) is 12.5 Å². The van der Waals surface area contributed by atoms with E-state index in [4.69, 9.17) is 4.74 Å². The molecule has 100 valence electrons. The lowest BCUT2D eigenvalue weighted by molar-refractivity contribution is -0.384. The average Bonchev–Trinajstić information content (AvgIpc) is 2.89. The third-order valence-corrected chi connectivity index (χ3v) is 2.52. The van der Waals surface area contributed by atoms with Crippen molar-refractivity contribution in [1.29, 1.82) is 0 Å². The van der Waals surface area contributed by atoms with E-state index in [0.29, 0.717) is 18.8 Å². The molecule has 2 rings (SSSR count). The quantitative estimate of drug-likeness (QED) is 0.615. The number of H-pyrrole nitrogens is 1. The van der Waals surface area contributed by atoms with Gasteiger partial charge in [-0.3, -0.25) is 15.2 Å². The summed E-state index contributed by atoms with van der Waals surface area (Å²) in [6, 6.07) is 4.96. The summed E-state index contributed by atoms with van der Waals surface area (Å²) < 4.78 is 5.28. The first kappa shape index (κ1) is 12.9. The minimum atomic E-state index is -0.442. The van der Waals surface area contributed by atoms with Gasteiger partial charge in [-0.1, -0.05) is 6.07 Å². The highest BCUT2D eigenvalue weighted by molar-refractivity contribution is 5.68. The van der Waals surface area contributed by atoms with Gasteiger partial charge in [-0.2, -0.15) is 5.10 Å². The Kier molecular flexibility index (Phi) is 3.97. The predicted molar refractivity (Wildman–Crippen MR) is 70.2 cm³/mol. The molecule has 0 aliphatic heterocycles. The van der Waals surface area contributed by atoms with Crippen molar-refractivity contribution in [2.45, 2.75) is 13.5 Å². The largest absolute Gasteiger partial charge is 0.487 e. The van der Waals surface area contributed by atoms with Gasteiger partial charge >= 0.3 is 5.69 Å². The Bertz CT molecular complexity index is 554. The first-order valence-corrected chi connectivity index (χ1v) is 5.84. The van der Waals surface area contributed by atoms with Gasteiger partial charge in [0.1, 0.15) is 5.69 Å². The van der Waals surface area contributed by atoms with Gasteiger partial charge in [0.15, 0.2) is 5.75 Å². The second-order valence-electron chi connectivity index (χ2n) is 3.80. The van der Waals surface area contributed by atoms with Gasteiger partial charge in [0.2, 0.25) is 0 Å². The van der Waals surface area contributed by atoms with Crippen molar-refractivity contribution in [3.63, 3.8) is 0 Å². The van der Waals surface area contributed by atoms with E-state index in [1.807, 2.05) is 0 Å². The van der Waals surface area contributed by atoms with E-state index in [2.05, 4.69) is 15.5 Å². The first-order valence-electron chi connectivity index (χ1n) is 5.84. The maximum atomic E-state index is 11.1. The highest BCUT2D eigenvalue weighted by Crippen LogP contribution is 2.34. The summed E-state index contributed by atoms with van der Waals surface area (Å²) >= 11 is 0. The summed E-state index contributed by atoms with van der Waals surface area (Å²) in [7, 11) is 0. The predicted octanol–water partition coefficient (Wildman–Crippen LogP) is 2.33. The summed E-state index contributed by atoms with van der Waals surface area (Å²) in [6.45, 7) is 2.62. The van der Waals surface area contributed by atoms with E-state index in [1.54, 1.807) is 37.5 Å². The molecule has 1 aromatic carbocycles. The molecule has 0 saturated heterocycles. The molecule has 1 aromatic heterocycles. The van der Waals surface area contributed by atoms with Crippen LogP contribution in [0.4, 0.5) is 11.4 Å². The summed E-state index contributed by atoms with van der Waals surface area (Å²) in [5.41, 5.74) is 1.29. The first-order chi connectivity index (χ1) is 9.22. The summed E-state index contributed by atoms with van der Waals surface area (Å²) in [4.78, 5) is 10.7. The van der Waals surface area contributed by atoms with Crippen LogP contribution in [-0.4, -0.2) is 21.7 Å². The van der Waals surface area contributed by atoms with E-state index in [-0.39, 0.29) is 11.4 Å². The average molecular weight is 262 g/mol. The molecule has 0 spiro atoms. The highest BCUT2D eigenvalue weighted by Gasteiger charge is 2.20. The molecular weight excluding hydrogens is 248 g/mol. The van der Waals surface area contributed by atoms with Crippen LogP contribution in [0.2, 0.25) is 0 Å². The van der Waals surface area contributed by atoms with Crippen molar-refractivity contribution in [3.8, 4) is 5.75 Å². The van der Waals surface area contributed by atoms with Crippen molar-refractivity contribution in [3.05, 3.63) is 46.3 Å². The summed E-state index contributed by atoms with van der Waals surface area (Å²) in [5.74, 6) is 0.268. The van der Waals surface area contributed by atoms with Crippen LogP contribution >= 0.6 is 0 Å². The van der Waals surface area contributed by atoms with E-state index < -0.39 is 4.92 Å². The maximum Gasteiger partial charge on any atom is 0.333 e. The Labute approximate surface area is 109 Å². The molecule has 2 aromatic rings. The molecule has 0 bridgehead atoms. The SMILES string of the molecule is CCOc1cccc(NCc2cn[nH]c2)c1[N+](=O)[O-]. The van der Waals surface area contributed by atoms with Crippen LogP contribution in [0.5, 0.6) is 5.75 Å². The monoisotopic (exact) mass is 262 g/mol. The van der Waals surface area contributed by atoms with E-state index >= 15 is 0 Å². The molecule has 19 heavy (non-hydrogen) atoms. The standard InChI is InChI=1S/C12H14N4O3/c1-2-19-11-5-3-4-10(12(11)16(17)18)13-6-9-7-14-15-8-9/h3-5,7-8,13H,2,6H2,1H3,(H,14,15). The molecule has 1 heterocycles. The van der Waals surface area contributed by atoms with E-state index in [1.165, 1.54) is 0 Å². The third-order valence-electron chi connectivity index (χ3n) is 2.52. The molecule has 0 saturated carbocycles. The fourth-order valence-electron chi connectivity index (χ4n) is 1.70. The Hall–Kier alpha value is -2.57. The smallest absolute Gasteiger partial charge is 0.333 e. The minimum Gasteiger partial charge on any atom is -0.487 e. The number of ether oxygens (including phenoxy) is 1. The number of benzene rings is 1. The minimum absolute atomic E-state index is 0.0483. The second-order valence-corrected chi connectivity index (χ2v) is 3.80. The van der Waals surface area contributed by atoms with Crippen LogP contribution in [-0.2, 0) is 6.54 Å². The lowest BCUT2D eigenvalue weighted by Gasteiger charge is -2.09. The van der Waals surface area contributed by atoms with Gasteiger partial charge in [-0.25, -0.2) is 0 Å². The number of aromatic nitrogens is 2. The molecule has 0 aliphatic rings. The van der Waals surface area contributed by atoms with Gasteiger partial charge < -0.3 is 10.1 Å². The van der Waals surface area contributed by atoms with Crippen molar-refractivity contribution in [2.24, 2.45) is 0 Å². The fourth-order valence-corrected chi connectivity index (χ4v) is 1.70. The Morgan fingerprint density at radius 1 is 1.53 bits per heavy atom. The zero-order valence-corrected chi connectivity index (χ0v) is 10.4. The number of rotatable bonds is 6. The molecule has 2 N–H and O–H groups in total. The van der Waals surface area contributed by atoms with Crippen molar-refractivity contribution >= 4 is 11.4 Å². The van der Waals surface area contributed by atoms with Crippen molar-refractivity contribution in [1.82, 2.24) is 10.2 Å². The number of nitrogens with zero attached hydrogens (tertiary/aromatic N) is 2. The number of hydrogen-bond acceptors (Lipinski definition) is 5.